The summed E-state index contributed by atoms with van der Waals surface area (Å²) in [5, 5.41) is 0.599. The van der Waals surface area contributed by atoms with E-state index in [9.17, 15) is 4.57 Å². The van der Waals surface area contributed by atoms with Crippen LogP contribution in [0.25, 0.3) is 0 Å². The molecule has 0 radical (unpaired) electrons. The summed E-state index contributed by atoms with van der Waals surface area (Å²) in [5.41, 5.74) is 0. The van der Waals surface area contributed by atoms with Crippen molar-refractivity contribution >= 4 is 23.3 Å². The van der Waals surface area contributed by atoms with Gasteiger partial charge in [-0.15, -0.1) is 0 Å². The molecule has 0 bridgehead atoms. The maximum Gasteiger partial charge on any atom is 0.320 e. The standard InChI is InChI=1S/C12H16ClO2P/c13-16(14,12-9-5-2-6-10-12)15-11-7-3-1-4-8-11/h2,5-6,9-11H,1,3-4,7-8H2. The smallest absolute Gasteiger partial charge is 0.311 e. The van der Waals surface area contributed by atoms with Crippen molar-refractivity contribution < 1.29 is 9.09 Å². The van der Waals surface area contributed by atoms with Crippen molar-refractivity contribution in [2.45, 2.75) is 38.2 Å². The van der Waals surface area contributed by atoms with Gasteiger partial charge >= 0.3 is 6.72 Å². The van der Waals surface area contributed by atoms with E-state index in [1.165, 1.54) is 6.42 Å². The SMILES string of the molecule is O=P(Cl)(OC1CCCCC1)c1ccccc1. The van der Waals surface area contributed by atoms with Crippen LogP contribution in [0.2, 0.25) is 0 Å². The molecule has 1 aromatic carbocycles. The fourth-order valence-corrected chi connectivity index (χ4v) is 3.95. The molecule has 1 fully saturated rings. The highest BCUT2D eigenvalue weighted by molar-refractivity contribution is 7.91. The minimum Gasteiger partial charge on any atom is -0.311 e. The number of halogens is 1. The van der Waals surface area contributed by atoms with E-state index in [-0.39, 0.29) is 6.10 Å². The highest BCUT2D eigenvalue weighted by atomic mass is 35.7. The monoisotopic (exact) mass is 258 g/mol. The summed E-state index contributed by atoms with van der Waals surface area (Å²) in [6, 6.07) is 9.05. The first kappa shape index (κ1) is 12.2. The first-order valence-corrected chi connectivity index (χ1v) is 8.25. The molecule has 0 heterocycles. The van der Waals surface area contributed by atoms with Crippen molar-refractivity contribution in [3.63, 3.8) is 0 Å². The summed E-state index contributed by atoms with van der Waals surface area (Å²) in [6.07, 6.45) is 5.56. The molecule has 1 aliphatic rings. The van der Waals surface area contributed by atoms with Gasteiger partial charge in [-0.2, -0.15) is 0 Å². The van der Waals surface area contributed by atoms with Crippen LogP contribution in [0.4, 0.5) is 0 Å². The highest BCUT2D eigenvalue weighted by Crippen LogP contribution is 2.53. The van der Waals surface area contributed by atoms with Gasteiger partial charge < -0.3 is 4.52 Å². The molecule has 0 amide bonds. The molecule has 0 aliphatic heterocycles. The zero-order chi connectivity index (χ0) is 11.4. The summed E-state index contributed by atoms with van der Waals surface area (Å²) in [7, 11) is 0. The van der Waals surface area contributed by atoms with Crippen LogP contribution < -0.4 is 5.30 Å². The molecule has 1 aromatic rings. The van der Waals surface area contributed by atoms with Crippen LogP contribution in [0.1, 0.15) is 32.1 Å². The summed E-state index contributed by atoms with van der Waals surface area (Å²) in [6.45, 7) is -3.14. The Balaban J connectivity index is 2.05. The molecule has 0 aromatic heterocycles. The molecule has 0 saturated heterocycles. The zero-order valence-electron chi connectivity index (χ0n) is 9.14. The minimum atomic E-state index is -3.14. The van der Waals surface area contributed by atoms with Crippen LogP contribution in [0.3, 0.4) is 0 Å². The Bertz CT molecular complexity index is 374. The molecule has 2 nitrogen and oxygen atoms in total. The van der Waals surface area contributed by atoms with E-state index in [0.717, 1.165) is 25.7 Å². The Morgan fingerprint density at radius 3 is 2.38 bits per heavy atom. The topological polar surface area (TPSA) is 26.3 Å². The minimum absolute atomic E-state index is 0.0669. The Hall–Kier alpha value is -0.300. The third kappa shape index (κ3) is 3.10. The first-order chi connectivity index (χ1) is 7.68. The van der Waals surface area contributed by atoms with E-state index in [0.29, 0.717) is 5.30 Å². The van der Waals surface area contributed by atoms with Gasteiger partial charge in [0.25, 0.3) is 0 Å². The van der Waals surface area contributed by atoms with E-state index in [4.69, 9.17) is 15.8 Å². The first-order valence-electron chi connectivity index (χ1n) is 5.72. The molecule has 0 N–H and O–H groups in total. The molecular weight excluding hydrogens is 243 g/mol. The van der Waals surface area contributed by atoms with Gasteiger partial charge in [-0.05, 0) is 36.2 Å². The maximum absolute atomic E-state index is 12.2. The van der Waals surface area contributed by atoms with E-state index < -0.39 is 6.72 Å². The second kappa shape index (κ2) is 5.35. The molecule has 4 heteroatoms. The summed E-state index contributed by atoms with van der Waals surface area (Å²) in [4.78, 5) is 0. The van der Waals surface area contributed by atoms with Gasteiger partial charge in [-0.1, -0.05) is 37.5 Å². The summed E-state index contributed by atoms with van der Waals surface area (Å²) in [5.74, 6) is 0. The van der Waals surface area contributed by atoms with Crippen LogP contribution in [0.15, 0.2) is 30.3 Å². The Morgan fingerprint density at radius 1 is 1.12 bits per heavy atom. The fraction of sp³-hybridized carbons (Fsp3) is 0.500. The molecular formula is C12H16ClO2P. The molecule has 1 atom stereocenters. The normalized spacial score (nSPS) is 21.6. The number of hydrogen-bond donors (Lipinski definition) is 0. The van der Waals surface area contributed by atoms with Gasteiger partial charge in [0, 0.05) is 0 Å². The van der Waals surface area contributed by atoms with Crippen molar-refractivity contribution in [1.29, 1.82) is 0 Å². The molecule has 16 heavy (non-hydrogen) atoms. The Kier molecular flexibility index (Phi) is 4.07. The van der Waals surface area contributed by atoms with Gasteiger partial charge in [0.05, 0.1) is 11.4 Å². The van der Waals surface area contributed by atoms with Gasteiger partial charge in [0.2, 0.25) is 0 Å². The van der Waals surface area contributed by atoms with Gasteiger partial charge in [-0.3, -0.25) is 4.57 Å². The van der Waals surface area contributed by atoms with Crippen LogP contribution in [-0.2, 0) is 9.09 Å². The van der Waals surface area contributed by atoms with Gasteiger partial charge in [0.15, 0.2) is 0 Å². The number of benzene rings is 1. The maximum atomic E-state index is 12.2. The quantitative estimate of drug-likeness (QED) is 0.763. The van der Waals surface area contributed by atoms with Crippen molar-refractivity contribution in [3.05, 3.63) is 30.3 Å². The predicted molar refractivity (Wildman–Crippen MR) is 67.5 cm³/mol. The zero-order valence-corrected chi connectivity index (χ0v) is 10.8. The van der Waals surface area contributed by atoms with Crippen LogP contribution in [-0.4, -0.2) is 6.10 Å². The second-order valence-corrected chi connectivity index (χ2v) is 7.20. The van der Waals surface area contributed by atoms with E-state index >= 15 is 0 Å². The molecule has 1 aliphatic carbocycles. The lowest BCUT2D eigenvalue weighted by Crippen LogP contribution is -2.17. The molecule has 1 saturated carbocycles. The highest BCUT2D eigenvalue weighted by Gasteiger charge is 2.27. The molecule has 0 spiro atoms. The summed E-state index contributed by atoms with van der Waals surface area (Å²) < 4.78 is 17.8. The number of rotatable bonds is 3. The van der Waals surface area contributed by atoms with Gasteiger partial charge in [-0.25, -0.2) is 0 Å². The van der Waals surface area contributed by atoms with E-state index in [1.54, 1.807) is 12.1 Å². The van der Waals surface area contributed by atoms with E-state index in [2.05, 4.69) is 0 Å². The van der Waals surface area contributed by atoms with Gasteiger partial charge in [0.1, 0.15) is 0 Å². The Labute approximate surface area is 101 Å². The largest absolute Gasteiger partial charge is 0.320 e. The lowest BCUT2D eigenvalue weighted by atomic mass is 9.98. The van der Waals surface area contributed by atoms with E-state index in [1.807, 2.05) is 18.2 Å². The number of hydrogen-bond acceptors (Lipinski definition) is 2. The average molecular weight is 259 g/mol. The third-order valence-corrected chi connectivity index (χ3v) is 5.21. The van der Waals surface area contributed by atoms with Crippen LogP contribution >= 0.6 is 18.0 Å². The average Bonchev–Trinajstić information content (AvgIpc) is 2.31. The molecule has 88 valence electrons. The Morgan fingerprint density at radius 2 is 1.75 bits per heavy atom. The third-order valence-electron chi connectivity index (χ3n) is 2.90. The van der Waals surface area contributed by atoms with Crippen molar-refractivity contribution in [3.8, 4) is 0 Å². The predicted octanol–water partition coefficient (Wildman–Crippen LogP) is 4.09. The summed E-state index contributed by atoms with van der Waals surface area (Å²) >= 11 is 6.03. The van der Waals surface area contributed by atoms with Crippen molar-refractivity contribution in [2.24, 2.45) is 0 Å². The van der Waals surface area contributed by atoms with Crippen molar-refractivity contribution in [2.75, 3.05) is 0 Å². The second-order valence-electron chi connectivity index (χ2n) is 4.18. The lowest BCUT2D eigenvalue weighted by molar-refractivity contribution is 0.166. The lowest BCUT2D eigenvalue weighted by Gasteiger charge is -2.24. The molecule has 2 rings (SSSR count). The van der Waals surface area contributed by atoms with Crippen molar-refractivity contribution in [1.82, 2.24) is 0 Å². The molecule has 1 unspecified atom stereocenters. The fourth-order valence-electron chi connectivity index (χ4n) is 2.03. The van der Waals surface area contributed by atoms with Crippen LogP contribution in [0, 0.1) is 0 Å². The van der Waals surface area contributed by atoms with Crippen LogP contribution in [0.5, 0.6) is 0 Å².